The number of ether oxygens (including phenoxy) is 1. The van der Waals surface area contributed by atoms with Gasteiger partial charge in [0.15, 0.2) is 0 Å². The predicted octanol–water partition coefficient (Wildman–Crippen LogP) is 1.18. The van der Waals surface area contributed by atoms with Crippen molar-refractivity contribution in [3.05, 3.63) is 39.9 Å². The summed E-state index contributed by atoms with van der Waals surface area (Å²) in [6.45, 7) is 1.28. The zero-order valence-corrected chi connectivity index (χ0v) is 12.9. The lowest BCUT2D eigenvalue weighted by Crippen LogP contribution is -2.57. The number of hydrogen-bond acceptors (Lipinski definition) is 5. The molecule has 0 aromatic heterocycles. The first-order valence-electron chi connectivity index (χ1n) is 6.90. The number of carbonyl (C=O) groups excluding carboxylic acids is 1. The summed E-state index contributed by atoms with van der Waals surface area (Å²) in [6, 6.07) is 6.52. The zero-order valence-electron chi connectivity index (χ0n) is 12.1. The van der Waals surface area contributed by atoms with Crippen molar-refractivity contribution in [2.75, 3.05) is 19.8 Å². The molecule has 2 rings (SSSR count). The minimum absolute atomic E-state index is 0. The van der Waals surface area contributed by atoms with Crippen molar-refractivity contribution in [2.24, 2.45) is 5.73 Å². The third-order valence-corrected chi connectivity index (χ3v) is 3.71. The van der Waals surface area contributed by atoms with Crippen LogP contribution in [-0.2, 0) is 16.0 Å². The van der Waals surface area contributed by atoms with Crippen molar-refractivity contribution in [1.82, 2.24) is 5.32 Å². The van der Waals surface area contributed by atoms with Crippen LogP contribution in [0.4, 0.5) is 5.69 Å². The van der Waals surface area contributed by atoms with Gasteiger partial charge in [-0.25, -0.2) is 0 Å². The molecular formula is C14H20ClN3O4. The molecule has 0 saturated carbocycles. The number of amides is 1. The molecule has 1 aromatic rings. The molecule has 0 bridgehead atoms. The van der Waals surface area contributed by atoms with E-state index in [0.717, 1.165) is 0 Å². The fraction of sp³-hybridized carbons (Fsp3) is 0.500. The predicted molar refractivity (Wildman–Crippen MR) is 84.0 cm³/mol. The first-order chi connectivity index (χ1) is 10.0. The maximum absolute atomic E-state index is 12.1. The molecule has 122 valence electrons. The second kappa shape index (κ2) is 8.07. The monoisotopic (exact) mass is 329 g/mol. The highest BCUT2D eigenvalue weighted by Gasteiger charge is 2.35. The molecule has 22 heavy (non-hydrogen) atoms. The van der Waals surface area contributed by atoms with E-state index in [-0.39, 0.29) is 24.0 Å². The van der Waals surface area contributed by atoms with Gasteiger partial charge in [0, 0.05) is 31.4 Å². The van der Waals surface area contributed by atoms with Crippen molar-refractivity contribution in [1.29, 1.82) is 0 Å². The van der Waals surface area contributed by atoms with Crippen LogP contribution in [0.15, 0.2) is 24.3 Å². The molecule has 0 unspecified atom stereocenters. The third-order valence-electron chi connectivity index (χ3n) is 3.71. The lowest BCUT2D eigenvalue weighted by Gasteiger charge is -2.31. The highest BCUT2D eigenvalue weighted by molar-refractivity contribution is 5.86. The highest BCUT2D eigenvalue weighted by atomic mass is 35.5. The standard InChI is InChI=1S/C14H19N3O4.ClH/c15-14(6-9-21-10-7-14)13(18)16-8-5-11-3-1-2-4-12(11)17(19)20;/h1-4H,5-10,15H2,(H,16,18);1H. The minimum atomic E-state index is -0.888. The molecule has 1 amide bonds. The second-order valence-electron chi connectivity index (χ2n) is 5.16. The number of nitrogens with zero attached hydrogens (tertiary/aromatic N) is 1. The van der Waals surface area contributed by atoms with Gasteiger partial charge in [-0.2, -0.15) is 0 Å². The Bertz CT molecular complexity index is 533. The van der Waals surface area contributed by atoms with E-state index < -0.39 is 10.5 Å². The maximum atomic E-state index is 12.1. The number of halogens is 1. The van der Waals surface area contributed by atoms with Crippen LogP contribution in [0, 0.1) is 10.1 Å². The summed E-state index contributed by atoms with van der Waals surface area (Å²) < 4.78 is 5.20. The smallest absolute Gasteiger partial charge is 0.272 e. The van der Waals surface area contributed by atoms with Crippen molar-refractivity contribution in [3.8, 4) is 0 Å². The van der Waals surface area contributed by atoms with Crippen LogP contribution in [0.3, 0.4) is 0 Å². The molecule has 0 radical (unpaired) electrons. The van der Waals surface area contributed by atoms with E-state index >= 15 is 0 Å². The fourth-order valence-corrected chi connectivity index (χ4v) is 2.35. The zero-order chi connectivity index (χ0) is 15.3. The van der Waals surface area contributed by atoms with Crippen LogP contribution >= 0.6 is 12.4 Å². The molecule has 0 aliphatic carbocycles. The van der Waals surface area contributed by atoms with Crippen LogP contribution in [0.2, 0.25) is 0 Å². The lowest BCUT2D eigenvalue weighted by atomic mass is 9.90. The molecule has 1 aromatic carbocycles. The van der Waals surface area contributed by atoms with E-state index in [2.05, 4.69) is 5.32 Å². The van der Waals surface area contributed by atoms with E-state index in [9.17, 15) is 14.9 Å². The molecule has 0 spiro atoms. The molecule has 1 heterocycles. The number of nitro groups is 1. The summed E-state index contributed by atoms with van der Waals surface area (Å²) in [5.74, 6) is -0.218. The summed E-state index contributed by atoms with van der Waals surface area (Å²) in [4.78, 5) is 22.6. The molecule has 1 fully saturated rings. The summed E-state index contributed by atoms with van der Waals surface area (Å²) in [5.41, 5.74) is 5.84. The van der Waals surface area contributed by atoms with Gasteiger partial charge in [-0.05, 0) is 19.3 Å². The molecule has 1 saturated heterocycles. The summed E-state index contributed by atoms with van der Waals surface area (Å²) in [5, 5.41) is 13.7. The van der Waals surface area contributed by atoms with Gasteiger partial charge >= 0.3 is 0 Å². The Morgan fingerprint density at radius 2 is 2.00 bits per heavy atom. The minimum Gasteiger partial charge on any atom is -0.381 e. The topological polar surface area (TPSA) is 107 Å². The normalized spacial score (nSPS) is 16.4. The van der Waals surface area contributed by atoms with Gasteiger partial charge in [0.1, 0.15) is 0 Å². The van der Waals surface area contributed by atoms with Crippen LogP contribution in [0.25, 0.3) is 0 Å². The van der Waals surface area contributed by atoms with Crippen molar-refractivity contribution >= 4 is 24.0 Å². The number of benzene rings is 1. The van der Waals surface area contributed by atoms with E-state index in [0.29, 0.717) is 44.6 Å². The van der Waals surface area contributed by atoms with E-state index in [4.69, 9.17) is 10.5 Å². The maximum Gasteiger partial charge on any atom is 0.272 e. The first kappa shape index (κ1) is 18.3. The Balaban J connectivity index is 0.00000242. The number of nitro benzene ring substituents is 1. The van der Waals surface area contributed by atoms with Crippen LogP contribution < -0.4 is 11.1 Å². The summed E-state index contributed by atoms with van der Waals surface area (Å²) in [7, 11) is 0. The Labute approximate surface area is 134 Å². The van der Waals surface area contributed by atoms with Gasteiger partial charge < -0.3 is 15.8 Å². The van der Waals surface area contributed by atoms with Crippen molar-refractivity contribution < 1.29 is 14.5 Å². The SMILES string of the molecule is Cl.NC1(C(=O)NCCc2ccccc2[N+](=O)[O-])CCOCC1. The molecule has 7 nitrogen and oxygen atoms in total. The Hall–Kier alpha value is -1.70. The van der Waals surface area contributed by atoms with Gasteiger partial charge in [0.2, 0.25) is 5.91 Å². The number of rotatable bonds is 5. The van der Waals surface area contributed by atoms with E-state index in [1.807, 2.05) is 0 Å². The average molecular weight is 330 g/mol. The molecular weight excluding hydrogens is 310 g/mol. The van der Waals surface area contributed by atoms with Crippen LogP contribution in [-0.4, -0.2) is 36.1 Å². The molecule has 3 N–H and O–H groups in total. The van der Waals surface area contributed by atoms with E-state index in [1.165, 1.54) is 6.07 Å². The molecule has 1 aliphatic heterocycles. The Morgan fingerprint density at radius 1 is 1.36 bits per heavy atom. The Morgan fingerprint density at radius 3 is 2.64 bits per heavy atom. The number of carbonyl (C=O) groups is 1. The van der Waals surface area contributed by atoms with E-state index in [1.54, 1.807) is 18.2 Å². The van der Waals surface area contributed by atoms with Crippen molar-refractivity contribution in [3.63, 3.8) is 0 Å². The number of para-hydroxylation sites is 1. The fourth-order valence-electron chi connectivity index (χ4n) is 2.35. The first-order valence-corrected chi connectivity index (χ1v) is 6.90. The van der Waals surface area contributed by atoms with Crippen LogP contribution in [0.5, 0.6) is 0 Å². The van der Waals surface area contributed by atoms with Gasteiger partial charge in [-0.3, -0.25) is 14.9 Å². The quantitative estimate of drug-likeness (QED) is 0.623. The van der Waals surface area contributed by atoms with Crippen LogP contribution in [0.1, 0.15) is 18.4 Å². The van der Waals surface area contributed by atoms with Gasteiger partial charge in [0.25, 0.3) is 5.69 Å². The molecule has 8 heteroatoms. The van der Waals surface area contributed by atoms with Gasteiger partial charge in [-0.15, -0.1) is 12.4 Å². The summed E-state index contributed by atoms with van der Waals surface area (Å²) >= 11 is 0. The lowest BCUT2D eigenvalue weighted by molar-refractivity contribution is -0.385. The number of nitrogens with one attached hydrogen (secondary N) is 1. The molecule has 0 atom stereocenters. The third kappa shape index (κ3) is 4.40. The Kier molecular flexibility index (Phi) is 6.73. The number of hydrogen-bond donors (Lipinski definition) is 2. The van der Waals surface area contributed by atoms with Gasteiger partial charge in [0.05, 0.1) is 10.5 Å². The average Bonchev–Trinajstić information content (AvgIpc) is 2.48. The van der Waals surface area contributed by atoms with Gasteiger partial charge in [-0.1, -0.05) is 18.2 Å². The number of nitrogens with two attached hydrogens (primary N) is 1. The summed E-state index contributed by atoms with van der Waals surface area (Å²) in [6.07, 6.45) is 1.38. The second-order valence-corrected chi connectivity index (χ2v) is 5.16. The van der Waals surface area contributed by atoms with Crippen molar-refractivity contribution in [2.45, 2.75) is 24.8 Å². The highest BCUT2D eigenvalue weighted by Crippen LogP contribution is 2.19. The molecule has 1 aliphatic rings. The largest absolute Gasteiger partial charge is 0.381 e.